The molecule has 3 aromatic rings. The molecule has 0 saturated heterocycles. The molecule has 4 nitrogen and oxygen atoms in total. The molecule has 0 aliphatic rings. The molecular formula is C21H22Cl3FN2O2. The van der Waals surface area contributed by atoms with E-state index >= 15 is 0 Å². The number of hydrogen-bond donors (Lipinski definition) is 1. The Morgan fingerprint density at radius 1 is 0.931 bits per heavy atom. The van der Waals surface area contributed by atoms with E-state index in [1.54, 1.807) is 31.6 Å². The minimum atomic E-state index is -0.280. The van der Waals surface area contributed by atoms with Crippen LogP contribution in [0.2, 0.25) is 5.02 Å². The second kappa shape index (κ2) is 12.5. The summed E-state index contributed by atoms with van der Waals surface area (Å²) in [5.74, 6) is 0.754. The molecule has 1 aromatic heterocycles. The molecule has 0 fully saturated rings. The Kier molecular flexibility index (Phi) is 10.8. The molecule has 0 atom stereocenters. The molecule has 0 aliphatic carbocycles. The summed E-state index contributed by atoms with van der Waals surface area (Å²) in [7, 11) is 1.57. The van der Waals surface area contributed by atoms with E-state index in [1.807, 2.05) is 24.3 Å². The monoisotopic (exact) mass is 458 g/mol. The molecule has 156 valence electrons. The SMILES string of the molecule is COc1cc(CNCc2ccncc2)cc(Cl)c1OCc1ccc(F)cc1.Cl.Cl. The normalized spacial score (nSPS) is 9.90. The third-order valence-electron chi connectivity index (χ3n) is 3.99. The van der Waals surface area contributed by atoms with E-state index in [0.717, 1.165) is 23.2 Å². The van der Waals surface area contributed by atoms with Crippen LogP contribution in [0.25, 0.3) is 0 Å². The zero-order valence-electron chi connectivity index (χ0n) is 15.7. The summed E-state index contributed by atoms with van der Waals surface area (Å²) in [6.45, 7) is 1.64. The van der Waals surface area contributed by atoms with Crippen molar-refractivity contribution in [1.29, 1.82) is 0 Å². The van der Waals surface area contributed by atoms with Crippen molar-refractivity contribution >= 4 is 36.4 Å². The van der Waals surface area contributed by atoms with Crippen molar-refractivity contribution in [3.8, 4) is 11.5 Å². The van der Waals surface area contributed by atoms with Gasteiger partial charge in [0.25, 0.3) is 0 Å². The van der Waals surface area contributed by atoms with Gasteiger partial charge in [-0.1, -0.05) is 23.7 Å². The lowest BCUT2D eigenvalue weighted by Gasteiger charge is -2.15. The van der Waals surface area contributed by atoms with Crippen LogP contribution in [-0.4, -0.2) is 12.1 Å². The molecule has 2 aromatic carbocycles. The second-order valence-corrected chi connectivity index (χ2v) is 6.39. The van der Waals surface area contributed by atoms with Gasteiger partial charge in [-0.3, -0.25) is 4.98 Å². The molecule has 0 spiro atoms. The molecule has 1 heterocycles. The number of ether oxygens (including phenoxy) is 2. The van der Waals surface area contributed by atoms with E-state index in [-0.39, 0.29) is 37.2 Å². The largest absolute Gasteiger partial charge is 0.493 e. The zero-order valence-corrected chi connectivity index (χ0v) is 18.1. The van der Waals surface area contributed by atoms with Crippen LogP contribution in [0.15, 0.2) is 60.9 Å². The van der Waals surface area contributed by atoms with Crippen LogP contribution in [0, 0.1) is 5.82 Å². The summed E-state index contributed by atoms with van der Waals surface area (Å²) in [5.41, 5.74) is 2.99. The molecule has 0 radical (unpaired) electrons. The number of rotatable bonds is 8. The third-order valence-corrected chi connectivity index (χ3v) is 4.27. The highest BCUT2D eigenvalue weighted by Gasteiger charge is 2.12. The van der Waals surface area contributed by atoms with Gasteiger partial charge in [-0.15, -0.1) is 24.8 Å². The minimum Gasteiger partial charge on any atom is -0.493 e. The fourth-order valence-corrected chi connectivity index (χ4v) is 2.89. The lowest BCUT2D eigenvalue weighted by molar-refractivity contribution is 0.284. The van der Waals surface area contributed by atoms with Crippen LogP contribution in [0.3, 0.4) is 0 Å². The van der Waals surface area contributed by atoms with Crippen molar-refractivity contribution in [3.63, 3.8) is 0 Å². The number of nitrogens with zero attached hydrogens (tertiary/aromatic N) is 1. The first-order chi connectivity index (χ1) is 13.2. The van der Waals surface area contributed by atoms with Gasteiger partial charge < -0.3 is 14.8 Å². The van der Waals surface area contributed by atoms with Crippen LogP contribution < -0.4 is 14.8 Å². The molecule has 0 unspecified atom stereocenters. The van der Waals surface area contributed by atoms with E-state index in [2.05, 4.69) is 10.3 Å². The van der Waals surface area contributed by atoms with E-state index in [1.165, 1.54) is 12.1 Å². The van der Waals surface area contributed by atoms with E-state index < -0.39 is 0 Å². The molecule has 8 heteroatoms. The van der Waals surface area contributed by atoms with Gasteiger partial charge >= 0.3 is 0 Å². The van der Waals surface area contributed by atoms with Crippen molar-refractivity contribution in [2.45, 2.75) is 19.7 Å². The van der Waals surface area contributed by atoms with Crippen LogP contribution in [0.1, 0.15) is 16.7 Å². The maximum atomic E-state index is 13.0. The number of halogens is 4. The number of benzene rings is 2. The Balaban J connectivity index is 0.00000210. The molecule has 0 bridgehead atoms. The van der Waals surface area contributed by atoms with Gasteiger partial charge in [-0.25, -0.2) is 4.39 Å². The Hall–Kier alpha value is -2.05. The van der Waals surface area contributed by atoms with Crippen LogP contribution in [0.5, 0.6) is 11.5 Å². The summed E-state index contributed by atoms with van der Waals surface area (Å²) in [4.78, 5) is 4.00. The van der Waals surface area contributed by atoms with E-state index in [4.69, 9.17) is 21.1 Å². The van der Waals surface area contributed by atoms with Crippen molar-refractivity contribution in [1.82, 2.24) is 10.3 Å². The summed E-state index contributed by atoms with van der Waals surface area (Å²) < 4.78 is 24.2. The predicted octanol–water partition coefficient (Wildman–Crippen LogP) is 5.60. The van der Waals surface area contributed by atoms with Gasteiger partial charge in [0.15, 0.2) is 11.5 Å². The number of pyridine rings is 1. The summed E-state index contributed by atoms with van der Waals surface area (Å²) >= 11 is 6.40. The Labute approximate surface area is 187 Å². The summed E-state index contributed by atoms with van der Waals surface area (Å²) in [5, 5.41) is 3.83. The van der Waals surface area contributed by atoms with Crippen molar-refractivity contribution in [3.05, 3.63) is 88.5 Å². The van der Waals surface area contributed by atoms with Gasteiger partial charge in [-0.2, -0.15) is 0 Å². The fourth-order valence-electron chi connectivity index (χ4n) is 2.60. The van der Waals surface area contributed by atoms with Gasteiger partial charge in [0.1, 0.15) is 12.4 Å². The number of methoxy groups -OCH3 is 1. The maximum Gasteiger partial charge on any atom is 0.180 e. The lowest BCUT2D eigenvalue weighted by Crippen LogP contribution is -2.13. The van der Waals surface area contributed by atoms with Crippen LogP contribution in [-0.2, 0) is 19.7 Å². The number of hydrogen-bond acceptors (Lipinski definition) is 4. The van der Waals surface area contributed by atoms with Crippen molar-refractivity contribution < 1.29 is 13.9 Å². The second-order valence-electron chi connectivity index (χ2n) is 5.98. The van der Waals surface area contributed by atoms with Crippen molar-refractivity contribution in [2.75, 3.05) is 7.11 Å². The van der Waals surface area contributed by atoms with Gasteiger partial charge in [0.2, 0.25) is 0 Å². The lowest BCUT2D eigenvalue weighted by atomic mass is 10.2. The van der Waals surface area contributed by atoms with Gasteiger partial charge in [-0.05, 0) is 53.1 Å². The molecule has 29 heavy (non-hydrogen) atoms. The van der Waals surface area contributed by atoms with E-state index in [9.17, 15) is 4.39 Å². The molecule has 3 rings (SSSR count). The standard InChI is InChI=1S/C21H20ClFN2O2.2ClH/c1-26-20-11-17(13-25-12-15-6-8-24-9-7-15)10-19(22)21(20)27-14-16-2-4-18(23)5-3-16;;/h2-11,25H,12-14H2,1H3;2*1H. The number of aromatic nitrogens is 1. The molecule has 0 aliphatic heterocycles. The average molecular weight is 460 g/mol. The van der Waals surface area contributed by atoms with Crippen molar-refractivity contribution in [2.24, 2.45) is 0 Å². The highest BCUT2D eigenvalue weighted by Crippen LogP contribution is 2.37. The maximum absolute atomic E-state index is 13.0. The summed E-state index contributed by atoms with van der Waals surface area (Å²) in [6.07, 6.45) is 3.54. The predicted molar refractivity (Wildman–Crippen MR) is 118 cm³/mol. The average Bonchev–Trinajstić information content (AvgIpc) is 2.69. The quantitative estimate of drug-likeness (QED) is 0.476. The minimum absolute atomic E-state index is 0. The number of nitrogens with one attached hydrogen (secondary N) is 1. The fraction of sp³-hybridized carbons (Fsp3) is 0.190. The molecule has 1 N–H and O–H groups in total. The zero-order chi connectivity index (χ0) is 19.1. The van der Waals surface area contributed by atoms with Crippen LogP contribution in [0.4, 0.5) is 4.39 Å². The Bertz CT molecular complexity index is 881. The first-order valence-electron chi connectivity index (χ1n) is 8.49. The molecule has 0 amide bonds. The third kappa shape index (κ3) is 7.37. The molecule has 0 saturated carbocycles. The summed E-state index contributed by atoms with van der Waals surface area (Å²) in [6, 6.07) is 13.8. The highest BCUT2D eigenvalue weighted by molar-refractivity contribution is 6.32. The molecular weight excluding hydrogens is 438 g/mol. The van der Waals surface area contributed by atoms with E-state index in [0.29, 0.717) is 23.1 Å². The topological polar surface area (TPSA) is 43.4 Å². The first kappa shape index (κ1) is 25.0. The van der Waals surface area contributed by atoms with Crippen LogP contribution >= 0.6 is 36.4 Å². The smallest absolute Gasteiger partial charge is 0.180 e. The highest BCUT2D eigenvalue weighted by atomic mass is 35.5. The Morgan fingerprint density at radius 3 is 2.24 bits per heavy atom. The van der Waals surface area contributed by atoms with Gasteiger partial charge in [0, 0.05) is 25.5 Å². The first-order valence-corrected chi connectivity index (χ1v) is 8.87. The Morgan fingerprint density at radius 2 is 1.59 bits per heavy atom. The van der Waals surface area contributed by atoms with Gasteiger partial charge in [0.05, 0.1) is 12.1 Å².